The van der Waals surface area contributed by atoms with Crippen molar-refractivity contribution in [1.29, 1.82) is 0 Å². The maximum atomic E-state index is 12.3. The normalized spacial score (nSPS) is 25.7. The third-order valence-corrected chi connectivity index (χ3v) is 4.99. The smallest absolute Gasteiger partial charge is 0.534 e. The molecule has 134 valence electrons. The molecule has 0 spiro atoms. The van der Waals surface area contributed by atoms with Crippen molar-refractivity contribution in [3.8, 4) is 5.75 Å². The fraction of sp³-hybridized carbons (Fsp3) is 0.529. The molecule has 0 bridgehead atoms. The number of fused-ring (bicyclic) bond motifs is 1. The van der Waals surface area contributed by atoms with Crippen molar-refractivity contribution in [3.63, 3.8) is 0 Å². The van der Waals surface area contributed by atoms with E-state index in [4.69, 9.17) is 4.65 Å². The van der Waals surface area contributed by atoms with E-state index in [1.165, 1.54) is 6.07 Å². The van der Waals surface area contributed by atoms with Gasteiger partial charge in [0.2, 0.25) is 5.91 Å². The van der Waals surface area contributed by atoms with Gasteiger partial charge in [0.15, 0.2) is 0 Å². The number of benzene rings is 1. The summed E-state index contributed by atoms with van der Waals surface area (Å²) in [5.74, 6) is -1.48. The van der Waals surface area contributed by atoms with Crippen LogP contribution in [-0.2, 0) is 11.2 Å². The highest BCUT2D eigenvalue weighted by molar-refractivity contribution is 6.47. The first kappa shape index (κ1) is 17.8. The molecule has 8 heteroatoms. The second kappa shape index (κ2) is 7.45. The van der Waals surface area contributed by atoms with Crippen LogP contribution >= 0.6 is 0 Å². The largest absolute Gasteiger partial charge is 0.547 e. The van der Waals surface area contributed by atoms with Crippen molar-refractivity contribution >= 4 is 19.0 Å². The summed E-state index contributed by atoms with van der Waals surface area (Å²) < 4.78 is 5.37. The first-order chi connectivity index (χ1) is 11.9. The minimum Gasteiger partial charge on any atom is -0.534 e. The van der Waals surface area contributed by atoms with Gasteiger partial charge in [-0.25, -0.2) is 4.79 Å². The van der Waals surface area contributed by atoms with Crippen LogP contribution < -0.4 is 9.97 Å². The first-order valence-electron chi connectivity index (χ1n) is 8.61. The number of aromatic carboxylic acids is 1. The number of hydrogen-bond donors (Lipinski definition) is 4. The number of aliphatic hydroxyl groups is 1. The Labute approximate surface area is 146 Å². The van der Waals surface area contributed by atoms with E-state index in [2.05, 4.69) is 5.32 Å². The number of carbonyl (C=O) groups is 2. The molecular weight excluding hydrogens is 325 g/mol. The van der Waals surface area contributed by atoms with Gasteiger partial charge in [0.25, 0.3) is 0 Å². The Bertz CT molecular complexity index is 659. The van der Waals surface area contributed by atoms with Crippen molar-refractivity contribution in [3.05, 3.63) is 29.3 Å². The van der Waals surface area contributed by atoms with E-state index >= 15 is 0 Å². The Morgan fingerprint density at radius 1 is 1.24 bits per heavy atom. The van der Waals surface area contributed by atoms with E-state index in [1.54, 1.807) is 12.1 Å². The molecule has 25 heavy (non-hydrogen) atoms. The topological polar surface area (TPSA) is 116 Å². The highest BCUT2D eigenvalue weighted by Gasteiger charge is 2.38. The van der Waals surface area contributed by atoms with Crippen LogP contribution in [0, 0.1) is 5.92 Å². The van der Waals surface area contributed by atoms with E-state index in [9.17, 15) is 24.8 Å². The number of aliphatic hydroxyl groups excluding tert-OH is 1. The molecule has 7 nitrogen and oxygen atoms in total. The number of hydrogen-bond acceptors (Lipinski definition) is 5. The molecule has 1 aromatic rings. The molecule has 1 saturated carbocycles. The summed E-state index contributed by atoms with van der Waals surface area (Å²) in [5.41, 5.74) is 0.651. The van der Waals surface area contributed by atoms with E-state index in [1.807, 2.05) is 0 Å². The van der Waals surface area contributed by atoms with Crippen molar-refractivity contribution in [1.82, 2.24) is 5.32 Å². The van der Waals surface area contributed by atoms with E-state index in [0.29, 0.717) is 18.4 Å². The summed E-state index contributed by atoms with van der Waals surface area (Å²) in [7, 11) is -1.29. The maximum Gasteiger partial charge on any atom is 0.547 e. The molecule has 0 radical (unpaired) electrons. The van der Waals surface area contributed by atoms with Crippen molar-refractivity contribution in [2.45, 2.75) is 50.6 Å². The van der Waals surface area contributed by atoms with Crippen LogP contribution in [0.3, 0.4) is 0 Å². The molecular formula is C17H22BNO6. The lowest BCUT2D eigenvalue weighted by atomic mass is 9.72. The third kappa shape index (κ3) is 4.14. The van der Waals surface area contributed by atoms with Crippen LogP contribution in [0.25, 0.3) is 0 Å². The van der Waals surface area contributed by atoms with Gasteiger partial charge in [0.1, 0.15) is 5.75 Å². The summed E-state index contributed by atoms with van der Waals surface area (Å²) in [5, 5.41) is 31.7. The predicted octanol–water partition coefficient (Wildman–Crippen LogP) is 0.765. The lowest BCUT2D eigenvalue weighted by Crippen LogP contribution is -2.53. The Kier molecular flexibility index (Phi) is 5.29. The third-order valence-electron chi connectivity index (χ3n) is 4.99. The first-order valence-corrected chi connectivity index (χ1v) is 8.61. The highest BCUT2D eigenvalue weighted by atomic mass is 16.5. The van der Waals surface area contributed by atoms with E-state index < -0.39 is 19.0 Å². The Hall–Kier alpha value is -2.06. The number of para-hydroxylation sites is 1. The monoisotopic (exact) mass is 347 g/mol. The molecule has 1 amide bonds. The van der Waals surface area contributed by atoms with Gasteiger partial charge in [0, 0.05) is 6.42 Å². The molecule has 1 fully saturated rings. The van der Waals surface area contributed by atoms with Crippen molar-refractivity contribution in [2.24, 2.45) is 5.92 Å². The zero-order valence-corrected chi connectivity index (χ0v) is 13.9. The number of nitrogens with one attached hydrogen (secondary N) is 1. The predicted molar refractivity (Wildman–Crippen MR) is 90.2 cm³/mol. The summed E-state index contributed by atoms with van der Waals surface area (Å²) >= 11 is 0. The molecule has 4 N–H and O–H groups in total. The fourth-order valence-corrected chi connectivity index (χ4v) is 3.59. The summed E-state index contributed by atoms with van der Waals surface area (Å²) in [6.07, 6.45) is 3.50. The number of carboxylic acid groups (broad SMARTS) is 1. The standard InChI is InChI=1S/C17H22BNO6/c20-12-6-4-10(5-7-12)8-15(21)19-14-9-11-2-1-3-13(17(22)23)16(11)25-18(14)24/h1-3,10,12,14,20,24H,4-9H2,(H,19,21)(H,22,23)/t10?,12?,14-/m0/s1. The zero-order valence-electron chi connectivity index (χ0n) is 13.9. The maximum absolute atomic E-state index is 12.3. The highest BCUT2D eigenvalue weighted by Crippen LogP contribution is 2.30. The summed E-state index contributed by atoms with van der Waals surface area (Å²) in [4.78, 5) is 23.5. The number of carboxylic acids is 1. The molecule has 1 heterocycles. The fourth-order valence-electron chi connectivity index (χ4n) is 3.59. The average molecular weight is 347 g/mol. The summed E-state index contributed by atoms with van der Waals surface area (Å²) in [6.45, 7) is 0. The number of rotatable bonds is 4. The van der Waals surface area contributed by atoms with Crippen molar-refractivity contribution < 1.29 is 29.5 Å². The van der Waals surface area contributed by atoms with Gasteiger partial charge in [-0.05, 0) is 49.7 Å². The second-order valence-corrected chi connectivity index (χ2v) is 6.86. The second-order valence-electron chi connectivity index (χ2n) is 6.86. The minimum absolute atomic E-state index is 0.00194. The molecule has 1 aliphatic carbocycles. The zero-order chi connectivity index (χ0) is 18.0. The molecule has 2 aliphatic rings. The van der Waals surface area contributed by atoms with Crippen LogP contribution in [0.2, 0.25) is 0 Å². The molecule has 0 saturated heterocycles. The van der Waals surface area contributed by atoms with Gasteiger partial charge >= 0.3 is 13.1 Å². The molecule has 1 aromatic carbocycles. The molecule has 0 aromatic heterocycles. The van der Waals surface area contributed by atoms with Crippen LogP contribution in [0.15, 0.2) is 18.2 Å². The van der Waals surface area contributed by atoms with Gasteiger partial charge in [-0.3, -0.25) is 4.79 Å². The van der Waals surface area contributed by atoms with Crippen LogP contribution in [0.5, 0.6) is 5.75 Å². The van der Waals surface area contributed by atoms with Crippen LogP contribution in [0.4, 0.5) is 0 Å². The van der Waals surface area contributed by atoms with Gasteiger partial charge in [0.05, 0.1) is 17.6 Å². The average Bonchev–Trinajstić information content (AvgIpc) is 2.57. The lowest BCUT2D eigenvalue weighted by Gasteiger charge is -2.30. The Morgan fingerprint density at radius 3 is 2.64 bits per heavy atom. The van der Waals surface area contributed by atoms with E-state index in [-0.39, 0.29) is 29.2 Å². The SMILES string of the molecule is O=C(CC1CCC(O)CC1)N[C@H]1Cc2cccc(C(=O)O)c2OB1O. The Morgan fingerprint density at radius 2 is 1.96 bits per heavy atom. The van der Waals surface area contributed by atoms with E-state index in [0.717, 1.165) is 25.7 Å². The van der Waals surface area contributed by atoms with Crippen molar-refractivity contribution in [2.75, 3.05) is 0 Å². The Balaban J connectivity index is 1.61. The molecule has 3 rings (SSSR count). The number of amides is 1. The quantitative estimate of drug-likeness (QED) is 0.598. The lowest BCUT2D eigenvalue weighted by molar-refractivity contribution is -0.122. The van der Waals surface area contributed by atoms with Gasteiger partial charge in [-0.1, -0.05) is 12.1 Å². The summed E-state index contributed by atoms with van der Waals surface area (Å²) in [6, 6.07) is 4.77. The molecule has 1 atom stereocenters. The molecule has 1 aliphatic heterocycles. The van der Waals surface area contributed by atoms with Gasteiger partial charge in [-0.15, -0.1) is 0 Å². The number of carbonyl (C=O) groups excluding carboxylic acids is 1. The van der Waals surface area contributed by atoms with Gasteiger partial charge < -0.3 is 25.2 Å². The molecule has 0 unspecified atom stereocenters. The minimum atomic E-state index is -1.29. The van der Waals surface area contributed by atoms with Crippen LogP contribution in [-0.4, -0.2) is 46.3 Å². The van der Waals surface area contributed by atoms with Gasteiger partial charge in [-0.2, -0.15) is 0 Å². The van der Waals surface area contributed by atoms with Crippen LogP contribution in [0.1, 0.15) is 48.0 Å².